The summed E-state index contributed by atoms with van der Waals surface area (Å²) < 4.78 is 5.39. The van der Waals surface area contributed by atoms with Crippen molar-refractivity contribution in [1.82, 2.24) is 0 Å². The Morgan fingerprint density at radius 1 is 1.29 bits per heavy atom. The third kappa shape index (κ3) is 2.24. The molecule has 24 heavy (non-hydrogen) atoms. The number of aliphatic hydroxyl groups is 1. The van der Waals surface area contributed by atoms with Gasteiger partial charge in [-0.2, -0.15) is 0 Å². The minimum absolute atomic E-state index is 0.0689. The zero-order chi connectivity index (χ0) is 16.9. The van der Waals surface area contributed by atoms with Crippen molar-refractivity contribution in [2.24, 2.45) is 23.2 Å². The molecule has 0 amide bonds. The van der Waals surface area contributed by atoms with Gasteiger partial charge in [0.05, 0.1) is 7.11 Å². The van der Waals surface area contributed by atoms with Crippen LogP contribution >= 0.6 is 0 Å². The van der Waals surface area contributed by atoms with E-state index in [1.807, 2.05) is 0 Å². The molecule has 1 aromatic carbocycles. The molecular weight excluding hydrogens is 300 g/mol. The van der Waals surface area contributed by atoms with E-state index in [1.165, 1.54) is 24.0 Å². The zero-order valence-electron chi connectivity index (χ0n) is 14.8. The monoisotopic (exact) mass is 328 g/mol. The van der Waals surface area contributed by atoms with E-state index in [4.69, 9.17) is 4.74 Å². The Morgan fingerprint density at radius 3 is 2.88 bits per heavy atom. The number of aryl methyl sites for hydroxylation is 1. The molecular formula is C21H28O3. The molecule has 3 nitrogen and oxygen atoms in total. The molecule has 0 heterocycles. The number of rotatable bonds is 3. The number of benzene rings is 1. The lowest BCUT2D eigenvalue weighted by molar-refractivity contribution is -0.130. The summed E-state index contributed by atoms with van der Waals surface area (Å²) >= 11 is 0. The summed E-state index contributed by atoms with van der Waals surface area (Å²) in [4.78, 5) is 12.2. The van der Waals surface area contributed by atoms with Gasteiger partial charge in [-0.05, 0) is 85.0 Å². The number of hydrogen-bond donors (Lipinski definition) is 1. The van der Waals surface area contributed by atoms with Crippen molar-refractivity contribution in [3.8, 4) is 5.75 Å². The Kier molecular flexibility index (Phi) is 3.95. The lowest BCUT2D eigenvalue weighted by Crippen LogP contribution is -2.44. The van der Waals surface area contributed by atoms with E-state index in [9.17, 15) is 9.90 Å². The molecule has 0 aromatic heterocycles. The second-order valence-corrected chi connectivity index (χ2v) is 8.28. The van der Waals surface area contributed by atoms with E-state index in [-0.39, 0.29) is 23.7 Å². The Bertz CT molecular complexity index is 652. The van der Waals surface area contributed by atoms with E-state index in [1.54, 1.807) is 7.11 Å². The van der Waals surface area contributed by atoms with Crippen molar-refractivity contribution in [2.45, 2.75) is 51.4 Å². The molecule has 130 valence electrons. The molecule has 0 bridgehead atoms. The van der Waals surface area contributed by atoms with E-state index in [0.29, 0.717) is 17.8 Å². The van der Waals surface area contributed by atoms with Crippen molar-refractivity contribution >= 4 is 5.78 Å². The van der Waals surface area contributed by atoms with Crippen molar-refractivity contribution in [1.29, 1.82) is 0 Å². The third-order valence-corrected chi connectivity index (χ3v) is 7.48. The molecule has 3 heteroatoms. The fourth-order valence-electron chi connectivity index (χ4n) is 6.32. The van der Waals surface area contributed by atoms with Gasteiger partial charge in [0, 0.05) is 5.92 Å². The van der Waals surface area contributed by atoms with Crippen LogP contribution in [0.1, 0.15) is 56.1 Å². The van der Waals surface area contributed by atoms with Gasteiger partial charge < -0.3 is 9.84 Å². The number of ketones is 1. The highest BCUT2D eigenvalue weighted by Crippen LogP contribution is 2.63. The third-order valence-electron chi connectivity index (χ3n) is 7.48. The average molecular weight is 328 g/mol. The van der Waals surface area contributed by atoms with E-state index < -0.39 is 0 Å². The van der Waals surface area contributed by atoms with Crippen LogP contribution in [0.2, 0.25) is 0 Å². The van der Waals surface area contributed by atoms with Gasteiger partial charge in [0.2, 0.25) is 0 Å². The summed E-state index contributed by atoms with van der Waals surface area (Å²) in [6, 6.07) is 6.59. The SMILES string of the molecule is COc1ccc2c(c1)CC[C@@H]1[C@@H]2CC[C@]2(C)[C@@H](C(=O)CO)CC[C@@H]12. The van der Waals surface area contributed by atoms with Gasteiger partial charge >= 0.3 is 0 Å². The summed E-state index contributed by atoms with van der Waals surface area (Å²) in [5, 5.41) is 9.35. The highest BCUT2D eigenvalue weighted by atomic mass is 16.5. The molecule has 0 unspecified atom stereocenters. The second kappa shape index (κ2) is 5.87. The fourth-order valence-corrected chi connectivity index (χ4v) is 6.32. The van der Waals surface area contributed by atoms with Crippen LogP contribution in [0.4, 0.5) is 0 Å². The summed E-state index contributed by atoms with van der Waals surface area (Å²) in [6.07, 6.45) is 6.76. The molecule has 0 spiro atoms. The zero-order valence-corrected chi connectivity index (χ0v) is 14.8. The molecule has 0 radical (unpaired) electrons. The summed E-state index contributed by atoms with van der Waals surface area (Å²) in [6.45, 7) is 2.03. The van der Waals surface area contributed by atoms with Gasteiger partial charge in [0.15, 0.2) is 5.78 Å². The maximum Gasteiger partial charge on any atom is 0.161 e. The van der Waals surface area contributed by atoms with E-state index >= 15 is 0 Å². The van der Waals surface area contributed by atoms with Crippen molar-refractivity contribution in [3.63, 3.8) is 0 Å². The molecule has 1 aromatic rings. The van der Waals surface area contributed by atoms with Crippen LogP contribution in [0.5, 0.6) is 5.75 Å². The minimum Gasteiger partial charge on any atom is -0.497 e. The summed E-state index contributed by atoms with van der Waals surface area (Å²) in [7, 11) is 1.73. The maximum atomic E-state index is 12.2. The Hall–Kier alpha value is -1.35. The lowest BCUT2D eigenvalue weighted by atomic mass is 9.54. The number of methoxy groups -OCH3 is 1. The molecule has 3 aliphatic rings. The smallest absolute Gasteiger partial charge is 0.161 e. The number of carbonyl (C=O) groups excluding carboxylic acids is 1. The summed E-state index contributed by atoms with van der Waals surface area (Å²) in [5.41, 5.74) is 3.08. The standard InChI is InChI=1S/C21H28O3/c1-21-10-9-16-15-6-4-14(24-2)11-13(15)3-5-17(16)18(21)7-8-19(21)20(23)12-22/h4,6,11,16-19,22H,3,5,7-10,12H2,1-2H3/t16-,17-,18+,19-,21+/m1/s1. The van der Waals surface area contributed by atoms with Gasteiger partial charge in [-0.3, -0.25) is 4.79 Å². The summed E-state index contributed by atoms with van der Waals surface area (Å²) in [5.74, 6) is 3.07. The van der Waals surface area contributed by atoms with Crippen molar-refractivity contribution in [3.05, 3.63) is 29.3 Å². The molecule has 4 rings (SSSR count). The molecule has 5 atom stereocenters. The number of hydrogen-bond acceptors (Lipinski definition) is 3. The molecule has 2 fully saturated rings. The van der Waals surface area contributed by atoms with Crippen LogP contribution in [0.3, 0.4) is 0 Å². The van der Waals surface area contributed by atoms with Gasteiger partial charge in [-0.15, -0.1) is 0 Å². The first kappa shape index (κ1) is 16.1. The number of ether oxygens (including phenoxy) is 1. The highest BCUT2D eigenvalue weighted by Gasteiger charge is 2.56. The maximum absolute atomic E-state index is 12.2. The van der Waals surface area contributed by atoms with Crippen molar-refractivity contribution < 1.29 is 14.6 Å². The number of carbonyl (C=O) groups is 1. The number of fused-ring (bicyclic) bond motifs is 5. The first-order chi connectivity index (χ1) is 11.6. The number of aliphatic hydroxyl groups excluding tert-OH is 1. The molecule has 0 aliphatic heterocycles. The van der Waals surface area contributed by atoms with E-state index in [0.717, 1.165) is 31.4 Å². The Labute approximate surface area is 144 Å². The Morgan fingerprint density at radius 2 is 2.12 bits per heavy atom. The predicted octanol–water partition coefficient (Wildman–Crippen LogP) is 3.73. The second-order valence-electron chi connectivity index (χ2n) is 8.28. The molecule has 3 aliphatic carbocycles. The van der Waals surface area contributed by atoms with Crippen LogP contribution in [-0.2, 0) is 11.2 Å². The largest absolute Gasteiger partial charge is 0.497 e. The molecule has 0 saturated heterocycles. The van der Waals surface area contributed by atoms with Crippen LogP contribution < -0.4 is 4.74 Å². The molecule has 1 N–H and O–H groups in total. The first-order valence-electron chi connectivity index (χ1n) is 9.39. The van der Waals surface area contributed by atoms with Gasteiger partial charge in [0.25, 0.3) is 0 Å². The van der Waals surface area contributed by atoms with Gasteiger partial charge in [-0.25, -0.2) is 0 Å². The van der Waals surface area contributed by atoms with Crippen LogP contribution in [0.15, 0.2) is 18.2 Å². The van der Waals surface area contributed by atoms with Crippen molar-refractivity contribution in [2.75, 3.05) is 13.7 Å². The topological polar surface area (TPSA) is 46.5 Å². The fraction of sp³-hybridized carbons (Fsp3) is 0.667. The predicted molar refractivity (Wildman–Crippen MR) is 93.2 cm³/mol. The molecule has 2 saturated carbocycles. The number of Topliss-reactive ketones (excluding diaryl/α,β-unsaturated/α-hetero) is 1. The van der Waals surface area contributed by atoms with E-state index in [2.05, 4.69) is 25.1 Å². The van der Waals surface area contributed by atoms with Crippen LogP contribution in [0.25, 0.3) is 0 Å². The normalized spacial score (nSPS) is 37.3. The quantitative estimate of drug-likeness (QED) is 0.919. The highest BCUT2D eigenvalue weighted by molar-refractivity contribution is 5.83. The van der Waals surface area contributed by atoms with Gasteiger partial charge in [0.1, 0.15) is 12.4 Å². The average Bonchev–Trinajstić information content (AvgIpc) is 2.97. The Balaban J connectivity index is 1.64. The van der Waals surface area contributed by atoms with Crippen LogP contribution in [-0.4, -0.2) is 24.6 Å². The minimum atomic E-state index is -0.288. The van der Waals surface area contributed by atoms with Gasteiger partial charge in [-0.1, -0.05) is 13.0 Å². The first-order valence-corrected chi connectivity index (χ1v) is 9.39. The van der Waals surface area contributed by atoms with Crippen LogP contribution in [0, 0.1) is 23.2 Å². The lowest BCUT2D eigenvalue weighted by Gasteiger charge is -2.50.